The molecule has 0 aliphatic carbocycles. The first-order valence-corrected chi connectivity index (χ1v) is 7.85. The molecule has 2 atom stereocenters. The zero-order valence-electron chi connectivity index (χ0n) is 9.50. The molecule has 0 unspecified atom stereocenters. The van der Waals surface area contributed by atoms with Crippen molar-refractivity contribution in [2.45, 2.75) is 24.0 Å². The van der Waals surface area contributed by atoms with Crippen LogP contribution in [0.4, 0.5) is 0 Å². The number of thioether (sulfide) groups is 2. The minimum atomic E-state index is -0.329. The van der Waals surface area contributed by atoms with E-state index in [0.717, 1.165) is 5.56 Å². The van der Waals surface area contributed by atoms with Gasteiger partial charge in [-0.1, -0.05) is 37.3 Å². The highest BCUT2D eigenvalue weighted by Crippen LogP contribution is 2.40. The van der Waals surface area contributed by atoms with Crippen LogP contribution in [-0.4, -0.2) is 21.2 Å². The molecule has 1 fully saturated rings. The number of hydrogen-bond acceptors (Lipinski definition) is 3. The van der Waals surface area contributed by atoms with E-state index in [1.807, 2.05) is 53.9 Å². The molecule has 1 aliphatic heterocycles. The quantitative estimate of drug-likeness (QED) is 0.891. The molecule has 0 bridgehead atoms. The molecule has 3 heteroatoms. The molecule has 0 spiro atoms. The van der Waals surface area contributed by atoms with Crippen molar-refractivity contribution in [3.63, 3.8) is 0 Å². The average Bonchev–Trinajstić information content (AvgIpc) is 2.39. The summed E-state index contributed by atoms with van der Waals surface area (Å²) in [5, 5.41) is 10.3. The van der Waals surface area contributed by atoms with Crippen molar-refractivity contribution >= 4 is 23.5 Å². The standard InChI is InChI=1S/C13H18OS2/c1-10(13-15-8-5-9-16-13)12(14)11-6-3-2-4-7-11/h2-4,6-7,10,12-14H,5,8-9H2,1H3/t10-,12-/m1/s1. The van der Waals surface area contributed by atoms with Crippen molar-refractivity contribution in [1.82, 2.24) is 0 Å². The fraction of sp³-hybridized carbons (Fsp3) is 0.538. The number of aliphatic hydroxyl groups excluding tert-OH is 1. The van der Waals surface area contributed by atoms with Gasteiger partial charge in [-0.2, -0.15) is 0 Å². The van der Waals surface area contributed by atoms with Crippen molar-refractivity contribution in [2.24, 2.45) is 5.92 Å². The van der Waals surface area contributed by atoms with Crippen LogP contribution in [0.3, 0.4) is 0 Å². The van der Waals surface area contributed by atoms with E-state index in [-0.39, 0.29) is 6.10 Å². The van der Waals surface area contributed by atoms with Crippen molar-refractivity contribution in [3.8, 4) is 0 Å². The van der Waals surface area contributed by atoms with Gasteiger partial charge in [0.2, 0.25) is 0 Å². The topological polar surface area (TPSA) is 20.2 Å². The van der Waals surface area contributed by atoms with E-state index < -0.39 is 0 Å². The van der Waals surface area contributed by atoms with E-state index in [1.54, 1.807) is 0 Å². The van der Waals surface area contributed by atoms with Gasteiger partial charge in [0.15, 0.2) is 0 Å². The van der Waals surface area contributed by atoms with Gasteiger partial charge in [0.25, 0.3) is 0 Å². The molecule has 1 saturated heterocycles. The van der Waals surface area contributed by atoms with E-state index in [0.29, 0.717) is 10.5 Å². The number of rotatable bonds is 3. The molecular weight excluding hydrogens is 236 g/mol. The van der Waals surface area contributed by atoms with Crippen LogP contribution in [0.5, 0.6) is 0 Å². The monoisotopic (exact) mass is 254 g/mol. The van der Waals surface area contributed by atoms with Gasteiger partial charge < -0.3 is 5.11 Å². The molecule has 1 aliphatic rings. The maximum atomic E-state index is 10.3. The molecule has 1 N–H and O–H groups in total. The van der Waals surface area contributed by atoms with E-state index in [9.17, 15) is 5.11 Å². The largest absolute Gasteiger partial charge is 0.388 e. The Morgan fingerprint density at radius 3 is 2.44 bits per heavy atom. The predicted molar refractivity (Wildman–Crippen MR) is 73.9 cm³/mol. The summed E-state index contributed by atoms with van der Waals surface area (Å²) in [5.74, 6) is 2.80. The highest BCUT2D eigenvalue weighted by molar-refractivity contribution is 8.17. The lowest BCUT2D eigenvalue weighted by molar-refractivity contribution is 0.125. The molecule has 1 nitrogen and oxygen atoms in total. The van der Waals surface area contributed by atoms with Gasteiger partial charge >= 0.3 is 0 Å². The average molecular weight is 254 g/mol. The molecule has 1 heterocycles. The maximum Gasteiger partial charge on any atom is 0.0834 e. The lowest BCUT2D eigenvalue weighted by atomic mass is 9.99. The van der Waals surface area contributed by atoms with Gasteiger partial charge in [-0.25, -0.2) is 0 Å². The zero-order valence-corrected chi connectivity index (χ0v) is 11.1. The van der Waals surface area contributed by atoms with Gasteiger partial charge in [-0.3, -0.25) is 0 Å². The van der Waals surface area contributed by atoms with Crippen LogP contribution >= 0.6 is 23.5 Å². The van der Waals surface area contributed by atoms with Crippen molar-refractivity contribution in [2.75, 3.05) is 11.5 Å². The van der Waals surface area contributed by atoms with Crippen molar-refractivity contribution < 1.29 is 5.11 Å². The summed E-state index contributed by atoms with van der Waals surface area (Å²) in [7, 11) is 0. The third-order valence-corrected chi connectivity index (χ3v) is 6.30. The highest BCUT2D eigenvalue weighted by atomic mass is 32.2. The Labute approximate surface area is 106 Å². The number of hydrogen-bond donors (Lipinski definition) is 1. The van der Waals surface area contributed by atoms with Crippen LogP contribution in [0.25, 0.3) is 0 Å². The van der Waals surface area contributed by atoms with Crippen molar-refractivity contribution in [3.05, 3.63) is 35.9 Å². The van der Waals surface area contributed by atoms with Crippen LogP contribution in [0.15, 0.2) is 30.3 Å². The molecule has 1 aromatic carbocycles. The van der Waals surface area contributed by atoms with Gasteiger partial charge in [0.05, 0.1) is 10.7 Å². The van der Waals surface area contributed by atoms with Crippen molar-refractivity contribution in [1.29, 1.82) is 0 Å². The van der Waals surface area contributed by atoms with Crippen LogP contribution < -0.4 is 0 Å². The second-order valence-corrected chi connectivity index (χ2v) is 6.98. The summed E-state index contributed by atoms with van der Waals surface area (Å²) in [6.07, 6.45) is 0.976. The van der Waals surface area contributed by atoms with E-state index in [4.69, 9.17) is 0 Å². The summed E-state index contributed by atoms with van der Waals surface area (Å²) in [4.78, 5) is 0. The van der Waals surface area contributed by atoms with Crippen LogP contribution in [0, 0.1) is 5.92 Å². The third kappa shape index (κ3) is 2.96. The van der Waals surface area contributed by atoms with E-state index >= 15 is 0 Å². The zero-order chi connectivity index (χ0) is 11.4. The molecule has 0 amide bonds. The molecule has 88 valence electrons. The summed E-state index contributed by atoms with van der Waals surface area (Å²) in [6.45, 7) is 2.16. The Kier molecular flexibility index (Phi) is 4.62. The molecule has 0 radical (unpaired) electrons. The molecule has 2 rings (SSSR count). The van der Waals surface area contributed by atoms with Gasteiger partial charge in [0.1, 0.15) is 0 Å². The number of aliphatic hydroxyl groups is 1. The summed E-state index contributed by atoms with van der Waals surface area (Å²) < 4.78 is 0.545. The minimum Gasteiger partial charge on any atom is -0.388 e. The Morgan fingerprint density at radius 1 is 1.19 bits per heavy atom. The summed E-state index contributed by atoms with van der Waals surface area (Å²) in [6, 6.07) is 10.0. The SMILES string of the molecule is C[C@@H](C1SCCCS1)[C@@H](O)c1ccccc1. The molecule has 1 aromatic rings. The van der Waals surface area contributed by atoms with Crippen LogP contribution in [-0.2, 0) is 0 Å². The fourth-order valence-corrected chi connectivity index (χ4v) is 5.05. The van der Waals surface area contributed by atoms with Gasteiger partial charge in [0, 0.05) is 5.92 Å². The second-order valence-electron chi connectivity index (χ2n) is 4.18. The van der Waals surface area contributed by atoms with E-state index in [2.05, 4.69) is 6.92 Å². The molecular formula is C13H18OS2. The first kappa shape index (κ1) is 12.3. The maximum absolute atomic E-state index is 10.3. The van der Waals surface area contributed by atoms with E-state index in [1.165, 1.54) is 17.9 Å². The van der Waals surface area contributed by atoms with Crippen LogP contribution in [0.1, 0.15) is 25.0 Å². The van der Waals surface area contributed by atoms with Gasteiger partial charge in [-0.15, -0.1) is 23.5 Å². The Bertz CT molecular complexity index is 309. The first-order chi connectivity index (χ1) is 7.79. The summed E-state index contributed by atoms with van der Waals surface area (Å²) >= 11 is 3.99. The lowest BCUT2D eigenvalue weighted by Crippen LogP contribution is -2.22. The van der Waals surface area contributed by atoms with Gasteiger partial charge in [-0.05, 0) is 23.5 Å². The first-order valence-electron chi connectivity index (χ1n) is 5.75. The molecule has 0 saturated carbocycles. The lowest BCUT2D eigenvalue weighted by Gasteiger charge is -2.30. The highest BCUT2D eigenvalue weighted by Gasteiger charge is 2.27. The fourth-order valence-electron chi connectivity index (χ4n) is 1.91. The van der Waals surface area contributed by atoms with Crippen LogP contribution in [0.2, 0.25) is 0 Å². The molecule has 0 aromatic heterocycles. The smallest absolute Gasteiger partial charge is 0.0834 e. The third-order valence-electron chi connectivity index (χ3n) is 2.92. The second kappa shape index (κ2) is 5.99. The number of benzene rings is 1. The normalized spacial score (nSPS) is 21.6. The minimum absolute atomic E-state index is 0.317. The predicted octanol–water partition coefficient (Wildman–Crippen LogP) is 3.55. The Morgan fingerprint density at radius 2 is 1.81 bits per heavy atom. The summed E-state index contributed by atoms with van der Waals surface area (Å²) in [5.41, 5.74) is 1.04. The Hall–Kier alpha value is -0.120. The molecule has 16 heavy (non-hydrogen) atoms. The Balaban J connectivity index is 2.00.